The second kappa shape index (κ2) is 10.8. The fourth-order valence-corrected chi connectivity index (χ4v) is 4.83. The van der Waals surface area contributed by atoms with Crippen molar-refractivity contribution in [1.82, 2.24) is 14.8 Å². The van der Waals surface area contributed by atoms with Gasteiger partial charge in [-0.2, -0.15) is 0 Å². The van der Waals surface area contributed by atoms with Gasteiger partial charge in [-0.15, -0.1) is 0 Å². The number of ether oxygens (including phenoxy) is 1. The van der Waals surface area contributed by atoms with Crippen LogP contribution in [0.4, 0.5) is 0 Å². The van der Waals surface area contributed by atoms with Gasteiger partial charge < -0.3 is 14.6 Å². The lowest BCUT2D eigenvalue weighted by Gasteiger charge is -2.32. The third-order valence-corrected chi connectivity index (χ3v) is 6.70. The second-order valence-electron chi connectivity index (χ2n) is 9.00. The van der Waals surface area contributed by atoms with E-state index in [4.69, 9.17) is 4.74 Å². The van der Waals surface area contributed by atoms with Crippen LogP contribution in [0.15, 0.2) is 54.6 Å². The second-order valence-corrected chi connectivity index (χ2v) is 9.00. The van der Waals surface area contributed by atoms with E-state index in [-0.39, 0.29) is 0 Å². The summed E-state index contributed by atoms with van der Waals surface area (Å²) in [5, 5.41) is 4.49. The molecule has 4 rings (SSSR count). The summed E-state index contributed by atoms with van der Waals surface area (Å²) in [5.74, 6) is 1.88. The zero-order chi connectivity index (χ0) is 21.5. The number of benzene rings is 2. The van der Waals surface area contributed by atoms with Crippen molar-refractivity contribution in [3.05, 3.63) is 65.9 Å². The normalized spacial score (nSPS) is 15.5. The first-order chi connectivity index (χ1) is 15.2. The van der Waals surface area contributed by atoms with E-state index in [9.17, 15) is 0 Å². The molecule has 1 aliphatic heterocycles. The smallest absolute Gasteiger partial charge is 0.120 e. The molecule has 1 fully saturated rings. The molecule has 2 heterocycles. The molecule has 4 nitrogen and oxygen atoms in total. The van der Waals surface area contributed by atoms with Gasteiger partial charge in [0.2, 0.25) is 0 Å². The Labute approximate surface area is 187 Å². The molecule has 0 amide bonds. The van der Waals surface area contributed by atoms with Crippen LogP contribution < -0.4 is 10.1 Å². The highest BCUT2D eigenvalue weighted by molar-refractivity contribution is 5.82. The van der Waals surface area contributed by atoms with Crippen LogP contribution in [0.1, 0.15) is 43.4 Å². The lowest BCUT2D eigenvalue weighted by atomic mass is 9.91. The monoisotopic (exact) mass is 419 g/mol. The summed E-state index contributed by atoms with van der Waals surface area (Å²) in [7, 11) is 4.11. The van der Waals surface area contributed by atoms with Crippen molar-refractivity contribution in [3.63, 3.8) is 0 Å². The van der Waals surface area contributed by atoms with Crippen LogP contribution in [0.5, 0.6) is 5.75 Å². The average Bonchev–Trinajstić information content (AvgIpc) is 3.10. The Morgan fingerprint density at radius 1 is 1.00 bits per heavy atom. The minimum Gasteiger partial charge on any atom is -0.494 e. The minimum atomic E-state index is 0.814. The van der Waals surface area contributed by atoms with Gasteiger partial charge in [0.1, 0.15) is 5.75 Å². The number of aryl methyl sites for hydroxylation is 1. The van der Waals surface area contributed by atoms with E-state index in [0.29, 0.717) is 0 Å². The average molecular weight is 420 g/mol. The molecular weight excluding hydrogens is 382 g/mol. The highest BCUT2D eigenvalue weighted by Gasteiger charge is 2.18. The highest BCUT2D eigenvalue weighted by Crippen LogP contribution is 2.26. The Morgan fingerprint density at radius 2 is 1.81 bits per heavy atom. The van der Waals surface area contributed by atoms with E-state index in [2.05, 4.69) is 76.4 Å². The van der Waals surface area contributed by atoms with Gasteiger partial charge in [-0.3, -0.25) is 4.90 Å². The van der Waals surface area contributed by atoms with E-state index in [1.54, 1.807) is 0 Å². The molecule has 4 heteroatoms. The topological polar surface area (TPSA) is 29.4 Å². The van der Waals surface area contributed by atoms with Gasteiger partial charge in [0, 0.05) is 36.7 Å². The van der Waals surface area contributed by atoms with Crippen LogP contribution in [0.25, 0.3) is 10.9 Å². The third kappa shape index (κ3) is 5.90. The summed E-state index contributed by atoms with van der Waals surface area (Å²) in [6.45, 7) is 5.27. The number of hydrogen-bond acceptors (Lipinski definition) is 3. The summed E-state index contributed by atoms with van der Waals surface area (Å²) in [6, 6.07) is 19.6. The maximum Gasteiger partial charge on any atom is 0.120 e. The number of nitrogens with one attached hydrogen (secondary N) is 1. The molecule has 0 unspecified atom stereocenters. The molecule has 0 atom stereocenters. The van der Waals surface area contributed by atoms with Crippen LogP contribution in [0.3, 0.4) is 0 Å². The predicted molar refractivity (Wildman–Crippen MR) is 129 cm³/mol. The number of aromatic nitrogens is 1. The lowest BCUT2D eigenvalue weighted by Crippen LogP contribution is -2.33. The van der Waals surface area contributed by atoms with Crippen LogP contribution in [0, 0.1) is 5.92 Å². The Morgan fingerprint density at radius 3 is 2.58 bits per heavy atom. The number of hydrogen-bond donors (Lipinski definition) is 1. The summed E-state index contributed by atoms with van der Waals surface area (Å²) in [5.41, 5.74) is 3.99. The summed E-state index contributed by atoms with van der Waals surface area (Å²) >= 11 is 0. The molecule has 166 valence electrons. The van der Waals surface area contributed by atoms with Gasteiger partial charge in [0.15, 0.2) is 0 Å². The van der Waals surface area contributed by atoms with E-state index in [1.807, 2.05) is 7.05 Å². The van der Waals surface area contributed by atoms with E-state index < -0.39 is 0 Å². The number of fused-ring (bicyclic) bond motifs is 1. The van der Waals surface area contributed by atoms with Gasteiger partial charge in [0.05, 0.1) is 6.61 Å². The van der Waals surface area contributed by atoms with Crippen molar-refractivity contribution in [2.75, 3.05) is 26.7 Å². The van der Waals surface area contributed by atoms with Gasteiger partial charge in [0.25, 0.3) is 0 Å². The van der Waals surface area contributed by atoms with Crippen LogP contribution in [-0.2, 0) is 20.1 Å². The van der Waals surface area contributed by atoms with Crippen molar-refractivity contribution in [2.45, 2.75) is 45.2 Å². The fraction of sp³-hybridized carbons (Fsp3) is 0.481. The summed E-state index contributed by atoms with van der Waals surface area (Å²) in [4.78, 5) is 2.61. The molecule has 3 aromatic rings. The van der Waals surface area contributed by atoms with Crippen LogP contribution in [-0.4, -0.2) is 36.2 Å². The molecule has 1 aromatic heterocycles. The van der Waals surface area contributed by atoms with Gasteiger partial charge in [-0.1, -0.05) is 36.8 Å². The standard InChI is InChI=1S/C27H37N3O/c1-28-20-25-18-24-19-26(11-12-27(24)29(25)2)31-17-7-6-8-22-13-15-30(16-14-22)21-23-9-4-3-5-10-23/h3-5,9-12,18-19,22,28H,6-8,13-17,20-21H2,1-2H3. The van der Waals surface area contributed by atoms with Crippen molar-refractivity contribution in [2.24, 2.45) is 13.0 Å². The first kappa shape index (κ1) is 21.9. The quantitative estimate of drug-likeness (QED) is 0.449. The molecular formula is C27H37N3O. The molecule has 31 heavy (non-hydrogen) atoms. The largest absolute Gasteiger partial charge is 0.494 e. The molecule has 0 saturated carbocycles. The molecule has 1 N–H and O–H groups in total. The Hall–Kier alpha value is -2.30. The molecule has 0 spiro atoms. The van der Waals surface area contributed by atoms with Crippen molar-refractivity contribution < 1.29 is 4.74 Å². The first-order valence-corrected chi connectivity index (χ1v) is 11.8. The maximum atomic E-state index is 6.06. The number of piperidine rings is 1. The van der Waals surface area contributed by atoms with E-state index >= 15 is 0 Å². The van der Waals surface area contributed by atoms with Crippen molar-refractivity contribution >= 4 is 10.9 Å². The highest BCUT2D eigenvalue weighted by atomic mass is 16.5. The number of unbranched alkanes of at least 4 members (excludes halogenated alkanes) is 1. The fourth-order valence-electron chi connectivity index (χ4n) is 4.83. The van der Waals surface area contributed by atoms with Gasteiger partial charge in [-0.25, -0.2) is 0 Å². The first-order valence-electron chi connectivity index (χ1n) is 11.8. The Bertz CT molecular complexity index is 942. The molecule has 0 radical (unpaired) electrons. The minimum absolute atomic E-state index is 0.814. The SMILES string of the molecule is CNCc1cc2cc(OCCCCC3CCN(Cc4ccccc4)CC3)ccc2n1C. The zero-order valence-corrected chi connectivity index (χ0v) is 19.1. The summed E-state index contributed by atoms with van der Waals surface area (Å²) in [6.07, 6.45) is 6.43. The zero-order valence-electron chi connectivity index (χ0n) is 19.1. The molecule has 2 aromatic carbocycles. The Kier molecular flexibility index (Phi) is 7.66. The maximum absolute atomic E-state index is 6.06. The predicted octanol–water partition coefficient (Wildman–Crippen LogP) is 5.36. The van der Waals surface area contributed by atoms with Crippen LogP contribution in [0.2, 0.25) is 0 Å². The number of nitrogens with zero attached hydrogens (tertiary/aromatic N) is 2. The van der Waals surface area contributed by atoms with Crippen LogP contribution >= 0.6 is 0 Å². The van der Waals surface area contributed by atoms with Crippen molar-refractivity contribution in [3.8, 4) is 5.75 Å². The summed E-state index contributed by atoms with van der Waals surface area (Å²) < 4.78 is 8.31. The molecule has 1 saturated heterocycles. The van der Waals surface area contributed by atoms with E-state index in [1.165, 1.54) is 60.9 Å². The van der Waals surface area contributed by atoms with Crippen molar-refractivity contribution in [1.29, 1.82) is 0 Å². The molecule has 0 bridgehead atoms. The van der Waals surface area contributed by atoms with Gasteiger partial charge in [-0.05, 0) is 81.6 Å². The number of rotatable bonds is 10. The molecule has 1 aliphatic rings. The number of likely N-dealkylation sites (tertiary alicyclic amines) is 1. The lowest BCUT2D eigenvalue weighted by molar-refractivity contribution is 0.169. The van der Waals surface area contributed by atoms with Gasteiger partial charge >= 0.3 is 0 Å². The van der Waals surface area contributed by atoms with E-state index in [0.717, 1.165) is 37.8 Å². The Balaban J connectivity index is 1.14. The molecule has 0 aliphatic carbocycles. The third-order valence-electron chi connectivity index (χ3n) is 6.70.